The third-order valence-corrected chi connectivity index (χ3v) is 8.55. The number of unbranched alkanes of at least 4 members (excludes halogenated alkanes) is 12. The molecule has 0 radical (unpaired) electrons. The largest absolute Gasteiger partial charge is 0.744 e. The van der Waals surface area contributed by atoms with Gasteiger partial charge in [-0.1, -0.05) is 105 Å². The topological polar surface area (TPSA) is 93.7 Å². The molecule has 4 nitrogen and oxygen atoms in total. The number of hydrogen-bond donors (Lipinski definition) is 1. The highest BCUT2D eigenvalue weighted by Crippen LogP contribution is 2.36. The Morgan fingerprint density at radius 2 is 0.778 bits per heavy atom. The zero-order chi connectivity index (χ0) is 26.1. The molecule has 1 aromatic rings. The smallest absolute Gasteiger partial charge is 0.124 e. The van der Waals surface area contributed by atoms with Gasteiger partial charge in [-0.3, -0.25) is 0 Å². The van der Waals surface area contributed by atoms with E-state index in [2.05, 4.69) is 34.6 Å². The molecule has 0 heterocycles. The van der Waals surface area contributed by atoms with Crippen LogP contribution in [0.25, 0.3) is 0 Å². The van der Waals surface area contributed by atoms with Crippen LogP contribution >= 0.6 is 0 Å². The first-order valence-electron chi connectivity index (χ1n) is 14.9. The van der Waals surface area contributed by atoms with Crippen LogP contribution in [0.5, 0.6) is 0 Å². The third kappa shape index (κ3) is 12.1. The first-order chi connectivity index (χ1) is 16.8. The quantitative estimate of drug-likeness (QED) is 0.128. The van der Waals surface area contributed by atoms with Crippen LogP contribution in [-0.4, -0.2) is 13.0 Å². The second-order valence-electron chi connectivity index (χ2n) is 10.6. The van der Waals surface area contributed by atoms with Crippen LogP contribution < -0.4 is 6.15 Å². The van der Waals surface area contributed by atoms with Gasteiger partial charge in [-0.05, 0) is 86.1 Å². The van der Waals surface area contributed by atoms with Crippen molar-refractivity contribution in [2.45, 2.75) is 168 Å². The van der Waals surface area contributed by atoms with Crippen molar-refractivity contribution in [3.05, 3.63) is 27.8 Å². The number of rotatable bonds is 21. The standard InChI is InChI=1S/C31H56O3S.H3N/c1-6-10-14-18-22-27-26(5)28(23-19-15-11-7-2)30(25-21-17-13-9-4)31(35(32,33)34)29(27)24-20-16-12-8-3;/h6-25H2,1-5H3,(H,32,33,34);1H3. The average Bonchev–Trinajstić information content (AvgIpc) is 2.81. The van der Waals surface area contributed by atoms with E-state index in [9.17, 15) is 13.0 Å². The molecule has 1 rings (SSSR count). The zero-order valence-electron chi connectivity index (χ0n) is 24.8. The van der Waals surface area contributed by atoms with E-state index in [1.54, 1.807) is 0 Å². The van der Waals surface area contributed by atoms with Crippen molar-refractivity contribution in [3.8, 4) is 0 Å². The second-order valence-corrected chi connectivity index (χ2v) is 11.9. The molecule has 0 spiro atoms. The molecular formula is C31H59NO3S. The molecule has 0 aliphatic carbocycles. The molecule has 0 aromatic heterocycles. The summed E-state index contributed by atoms with van der Waals surface area (Å²) < 4.78 is 38.6. The highest BCUT2D eigenvalue weighted by Gasteiger charge is 2.24. The Hall–Kier alpha value is -0.910. The molecule has 36 heavy (non-hydrogen) atoms. The van der Waals surface area contributed by atoms with E-state index in [1.807, 2.05) is 0 Å². The fourth-order valence-corrected chi connectivity index (χ4v) is 6.57. The normalized spacial score (nSPS) is 11.6. The Morgan fingerprint density at radius 1 is 0.500 bits per heavy atom. The highest BCUT2D eigenvalue weighted by atomic mass is 32.2. The van der Waals surface area contributed by atoms with E-state index in [-0.39, 0.29) is 11.0 Å². The van der Waals surface area contributed by atoms with Gasteiger partial charge in [0.2, 0.25) is 0 Å². The minimum atomic E-state index is -4.53. The van der Waals surface area contributed by atoms with E-state index < -0.39 is 10.1 Å². The van der Waals surface area contributed by atoms with Gasteiger partial charge < -0.3 is 10.7 Å². The summed E-state index contributed by atoms with van der Waals surface area (Å²) in [6.45, 7) is 11.0. The van der Waals surface area contributed by atoms with Crippen LogP contribution in [0.2, 0.25) is 0 Å². The van der Waals surface area contributed by atoms with Crippen molar-refractivity contribution in [2.24, 2.45) is 0 Å². The molecule has 212 valence electrons. The van der Waals surface area contributed by atoms with Crippen molar-refractivity contribution in [1.29, 1.82) is 0 Å². The lowest BCUT2D eigenvalue weighted by Crippen LogP contribution is -2.16. The summed E-state index contributed by atoms with van der Waals surface area (Å²) in [6.07, 6.45) is 21.2. The Labute approximate surface area is 224 Å². The van der Waals surface area contributed by atoms with Gasteiger partial charge >= 0.3 is 0 Å². The summed E-state index contributed by atoms with van der Waals surface area (Å²) in [4.78, 5) is 0.187. The molecule has 4 N–H and O–H groups in total. The van der Waals surface area contributed by atoms with Gasteiger partial charge in [-0.15, -0.1) is 0 Å². The predicted molar refractivity (Wildman–Crippen MR) is 157 cm³/mol. The molecule has 0 aliphatic heterocycles. The molecule has 0 fully saturated rings. The Balaban J connectivity index is 0.0000122. The van der Waals surface area contributed by atoms with Crippen molar-refractivity contribution in [1.82, 2.24) is 6.15 Å². The molecule has 0 saturated carbocycles. The Bertz CT molecular complexity index is 769. The maximum atomic E-state index is 12.9. The van der Waals surface area contributed by atoms with E-state index in [1.165, 1.54) is 42.4 Å². The molecular weight excluding hydrogens is 466 g/mol. The monoisotopic (exact) mass is 525 g/mol. The molecule has 0 saturated heterocycles. The molecule has 5 heteroatoms. The molecule has 0 atom stereocenters. The Morgan fingerprint density at radius 3 is 1.03 bits per heavy atom. The number of hydrogen-bond acceptors (Lipinski definition) is 3. The van der Waals surface area contributed by atoms with Crippen molar-refractivity contribution >= 4 is 10.1 Å². The maximum Gasteiger partial charge on any atom is 0.124 e. The van der Waals surface area contributed by atoms with Crippen molar-refractivity contribution in [3.63, 3.8) is 0 Å². The average molecular weight is 526 g/mol. The van der Waals surface area contributed by atoms with Crippen LogP contribution in [0.4, 0.5) is 0 Å². The summed E-state index contributed by atoms with van der Waals surface area (Å²) in [7, 11) is -4.53. The molecule has 0 amide bonds. The van der Waals surface area contributed by atoms with E-state index in [0.717, 1.165) is 114 Å². The van der Waals surface area contributed by atoms with Gasteiger partial charge in [0, 0.05) is 0 Å². The molecule has 0 unspecified atom stereocenters. The van der Waals surface area contributed by atoms with Crippen LogP contribution in [-0.2, 0) is 35.8 Å². The first-order valence-corrected chi connectivity index (χ1v) is 16.4. The summed E-state index contributed by atoms with van der Waals surface area (Å²) in [5.74, 6) is 0. The number of benzene rings is 1. The second kappa shape index (κ2) is 20.1. The van der Waals surface area contributed by atoms with Crippen molar-refractivity contribution in [2.75, 3.05) is 0 Å². The molecule has 0 bridgehead atoms. The summed E-state index contributed by atoms with van der Waals surface area (Å²) in [6, 6.07) is 0. The minimum Gasteiger partial charge on any atom is -0.744 e. The highest BCUT2D eigenvalue weighted by molar-refractivity contribution is 7.85. The summed E-state index contributed by atoms with van der Waals surface area (Å²) in [5, 5.41) is 0. The number of quaternary nitrogens is 1. The van der Waals surface area contributed by atoms with Gasteiger partial charge in [0.1, 0.15) is 10.1 Å². The Kier molecular flexibility index (Phi) is 19.6. The van der Waals surface area contributed by atoms with Gasteiger partial charge in [0.05, 0.1) is 4.90 Å². The molecule has 0 aliphatic rings. The van der Waals surface area contributed by atoms with Crippen LogP contribution in [0.1, 0.15) is 158 Å². The third-order valence-electron chi connectivity index (χ3n) is 7.55. The van der Waals surface area contributed by atoms with E-state index in [4.69, 9.17) is 0 Å². The van der Waals surface area contributed by atoms with Gasteiger partial charge in [-0.2, -0.15) is 0 Å². The van der Waals surface area contributed by atoms with Crippen LogP contribution in [0.3, 0.4) is 0 Å². The fraction of sp³-hybridized carbons (Fsp3) is 0.806. The van der Waals surface area contributed by atoms with Gasteiger partial charge in [-0.25, -0.2) is 8.42 Å². The molecule has 1 aromatic carbocycles. The van der Waals surface area contributed by atoms with Crippen molar-refractivity contribution < 1.29 is 13.0 Å². The fourth-order valence-electron chi connectivity index (χ4n) is 5.51. The van der Waals surface area contributed by atoms with Gasteiger partial charge in [0.25, 0.3) is 0 Å². The predicted octanol–water partition coefficient (Wildman–Crippen LogP) is 9.77. The maximum absolute atomic E-state index is 12.9. The minimum absolute atomic E-state index is 0. The zero-order valence-corrected chi connectivity index (χ0v) is 25.6. The lowest BCUT2D eigenvalue weighted by Gasteiger charge is -2.27. The summed E-state index contributed by atoms with van der Waals surface area (Å²) in [5.41, 5.74) is 5.44. The SMILES string of the molecule is CCCCCCc1c(C)c(CCCCCC)c(CCCCCC)c(S(=O)(=O)[O-])c1CCCCCC.[NH4+]. The van der Waals surface area contributed by atoms with E-state index >= 15 is 0 Å². The van der Waals surface area contributed by atoms with Crippen LogP contribution in [0, 0.1) is 6.92 Å². The summed E-state index contributed by atoms with van der Waals surface area (Å²) >= 11 is 0. The first kappa shape index (κ1) is 35.1. The van der Waals surface area contributed by atoms with Gasteiger partial charge in [0.15, 0.2) is 0 Å². The lowest BCUT2D eigenvalue weighted by molar-refractivity contribution is 0.459. The van der Waals surface area contributed by atoms with Crippen LogP contribution in [0.15, 0.2) is 4.90 Å². The lowest BCUT2D eigenvalue weighted by atomic mass is 9.84. The van der Waals surface area contributed by atoms with E-state index in [0.29, 0.717) is 0 Å².